The number of hydrogen-bond donors (Lipinski definition) is 1. The van der Waals surface area contributed by atoms with Crippen LogP contribution in [0.5, 0.6) is 0 Å². The molecular formula is C21H20NOS+. The molecule has 0 aliphatic carbocycles. The third-order valence-corrected chi connectivity index (χ3v) is 5.61. The van der Waals surface area contributed by atoms with E-state index < -0.39 is 5.60 Å². The second kappa shape index (κ2) is 6.08. The van der Waals surface area contributed by atoms with E-state index in [1.807, 2.05) is 30.3 Å². The molecule has 1 aliphatic rings. The van der Waals surface area contributed by atoms with E-state index in [2.05, 4.69) is 59.5 Å². The number of thioether (sulfide) groups is 1. The van der Waals surface area contributed by atoms with E-state index in [-0.39, 0.29) is 6.04 Å². The molecule has 24 heavy (non-hydrogen) atoms. The standard InChI is InChI=1S/C21H20NOS/c1-24-19-12-10-17(11-13-19)21(23)15-18-9-5-6-14-22(18)20(21)16-7-3-2-4-8-16/h2-14,20,23H,15H2,1H3/q+1/t20-,21+/m1/s1. The van der Waals surface area contributed by atoms with E-state index in [1.165, 1.54) is 4.90 Å². The van der Waals surface area contributed by atoms with Crippen molar-refractivity contribution in [1.29, 1.82) is 0 Å². The first-order chi connectivity index (χ1) is 11.7. The van der Waals surface area contributed by atoms with Crippen LogP contribution in [0.2, 0.25) is 0 Å². The molecule has 3 aromatic rings. The summed E-state index contributed by atoms with van der Waals surface area (Å²) in [6, 6.07) is 24.6. The van der Waals surface area contributed by atoms with Gasteiger partial charge in [-0.15, -0.1) is 11.8 Å². The molecule has 3 heteroatoms. The van der Waals surface area contributed by atoms with Crippen molar-refractivity contribution in [3.05, 3.63) is 95.8 Å². The Morgan fingerprint density at radius 1 is 0.958 bits per heavy atom. The molecule has 0 amide bonds. The number of pyridine rings is 1. The molecule has 0 radical (unpaired) electrons. The van der Waals surface area contributed by atoms with Gasteiger partial charge in [0.2, 0.25) is 6.04 Å². The Labute approximate surface area is 146 Å². The number of fused-ring (bicyclic) bond motifs is 1. The van der Waals surface area contributed by atoms with E-state index in [4.69, 9.17) is 0 Å². The normalized spacial score (nSPS) is 22.3. The van der Waals surface area contributed by atoms with E-state index in [9.17, 15) is 5.11 Å². The van der Waals surface area contributed by atoms with Crippen LogP contribution in [0.4, 0.5) is 0 Å². The number of aliphatic hydroxyl groups is 1. The van der Waals surface area contributed by atoms with Crippen LogP contribution in [0.15, 0.2) is 83.9 Å². The molecule has 0 fully saturated rings. The van der Waals surface area contributed by atoms with Crippen LogP contribution >= 0.6 is 11.8 Å². The number of nitrogens with zero attached hydrogens (tertiary/aromatic N) is 1. The van der Waals surface area contributed by atoms with Crippen LogP contribution in [0.25, 0.3) is 0 Å². The average Bonchev–Trinajstić information content (AvgIpc) is 2.95. The van der Waals surface area contributed by atoms with Gasteiger partial charge in [0.15, 0.2) is 17.5 Å². The molecule has 2 nitrogen and oxygen atoms in total. The first kappa shape index (κ1) is 15.4. The zero-order valence-electron chi connectivity index (χ0n) is 13.6. The fraction of sp³-hybridized carbons (Fsp3) is 0.190. The topological polar surface area (TPSA) is 24.1 Å². The lowest BCUT2D eigenvalue weighted by Gasteiger charge is -2.26. The van der Waals surface area contributed by atoms with Crippen LogP contribution in [0, 0.1) is 0 Å². The van der Waals surface area contributed by atoms with Gasteiger partial charge in [-0.05, 0) is 24.0 Å². The van der Waals surface area contributed by atoms with Gasteiger partial charge in [-0.25, -0.2) is 0 Å². The molecule has 0 unspecified atom stereocenters. The van der Waals surface area contributed by atoms with Crippen molar-refractivity contribution >= 4 is 11.8 Å². The quantitative estimate of drug-likeness (QED) is 0.583. The number of benzene rings is 2. The van der Waals surface area contributed by atoms with Gasteiger partial charge >= 0.3 is 0 Å². The van der Waals surface area contributed by atoms with Gasteiger partial charge in [-0.3, -0.25) is 0 Å². The summed E-state index contributed by atoms with van der Waals surface area (Å²) in [5.41, 5.74) is 2.32. The van der Waals surface area contributed by atoms with E-state index >= 15 is 0 Å². The van der Waals surface area contributed by atoms with Crippen molar-refractivity contribution in [3.63, 3.8) is 0 Å². The summed E-state index contributed by atoms with van der Waals surface area (Å²) in [7, 11) is 0. The monoisotopic (exact) mass is 334 g/mol. The predicted octanol–water partition coefficient (Wildman–Crippen LogP) is 3.73. The van der Waals surface area contributed by atoms with Crippen LogP contribution in [0.1, 0.15) is 22.9 Å². The zero-order valence-corrected chi connectivity index (χ0v) is 14.4. The number of rotatable bonds is 3. The lowest BCUT2D eigenvalue weighted by atomic mass is 9.82. The molecule has 2 atom stereocenters. The maximum absolute atomic E-state index is 11.7. The summed E-state index contributed by atoms with van der Waals surface area (Å²) in [4.78, 5) is 1.21. The lowest BCUT2D eigenvalue weighted by Crippen LogP contribution is -2.46. The maximum atomic E-state index is 11.7. The van der Waals surface area contributed by atoms with Gasteiger partial charge in [0.05, 0.1) is 6.42 Å². The summed E-state index contributed by atoms with van der Waals surface area (Å²) in [6.45, 7) is 0. The highest BCUT2D eigenvalue weighted by Gasteiger charge is 2.53. The SMILES string of the molecule is CSc1ccc([C@@]2(O)Cc3cccc[n+]3[C@@H]2c2ccccc2)cc1. The van der Waals surface area contributed by atoms with Crippen LogP contribution in [-0.4, -0.2) is 11.4 Å². The predicted molar refractivity (Wildman–Crippen MR) is 97.0 cm³/mol. The van der Waals surface area contributed by atoms with Crippen molar-refractivity contribution in [2.24, 2.45) is 0 Å². The number of aromatic nitrogens is 1. The Morgan fingerprint density at radius 3 is 2.38 bits per heavy atom. The second-order valence-electron chi connectivity index (χ2n) is 6.24. The van der Waals surface area contributed by atoms with Crippen LogP contribution in [-0.2, 0) is 12.0 Å². The van der Waals surface area contributed by atoms with Crippen molar-refractivity contribution in [3.8, 4) is 0 Å². The Kier molecular flexibility index (Phi) is 3.91. The molecule has 2 heterocycles. The third-order valence-electron chi connectivity index (χ3n) is 4.86. The molecule has 1 aromatic heterocycles. The van der Waals surface area contributed by atoms with Gasteiger partial charge < -0.3 is 5.11 Å². The van der Waals surface area contributed by atoms with Gasteiger partial charge in [0, 0.05) is 22.6 Å². The molecular weight excluding hydrogens is 314 g/mol. The number of hydrogen-bond acceptors (Lipinski definition) is 2. The third kappa shape index (κ3) is 2.45. The molecule has 0 bridgehead atoms. The lowest BCUT2D eigenvalue weighted by molar-refractivity contribution is -0.717. The van der Waals surface area contributed by atoms with E-state index in [0.29, 0.717) is 6.42 Å². The molecule has 120 valence electrons. The smallest absolute Gasteiger partial charge is 0.216 e. The van der Waals surface area contributed by atoms with Crippen molar-refractivity contribution in [1.82, 2.24) is 0 Å². The minimum atomic E-state index is -0.938. The van der Waals surface area contributed by atoms with Gasteiger partial charge in [-0.1, -0.05) is 48.5 Å². The molecule has 1 aliphatic heterocycles. The average molecular weight is 334 g/mol. The van der Waals surface area contributed by atoms with Gasteiger partial charge in [-0.2, -0.15) is 4.57 Å². The first-order valence-corrected chi connectivity index (χ1v) is 9.36. The minimum Gasteiger partial charge on any atom is -0.377 e. The second-order valence-corrected chi connectivity index (χ2v) is 7.12. The Morgan fingerprint density at radius 2 is 1.67 bits per heavy atom. The summed E-state index contributed by atoms with van der Waals surface area (Å²) >= 11 is 1.72. The summed E-state index contributed by atoms with van der Waals surface area (Å²) in [5.74, 6) is 0. The highest BCUT2D eigenvalue weighted by atomic mass is 32.2. The minimum absolute atomic E-state index is 0.116. The molecule has 0 saturated heterocycles. The Balaban J connectivity index is 1.87. The molecule has 2 aromatic carbocycles. The van der Waals surface area contributed by atoms with Crippen molar-refractivity contribution in [2.45, 2.75) is 23.0 Å². The van der Waals surface area contributed by atoms with E-state index in [1.54, 1.807) is 11.8 Å². The van der Waals surface area contributed by atoms with Crippen molar-refractivity contribution < 1.29 is 9.67 Å². The highest BCUT2D eigenvalue weighted by molar-refractivity contribution is 7.98. The zero-order chi connectivity index (χ0) is 16.6. The summed E-state index contributed by atoms with van der Waals surface area (Å²) in [6.07, 6.45) is 4.75. The Bertz CT molecular complexity index is 847. The summed E-state index contributed by atoms with van der Waals surface area (Å²) in [5, 5.41) is 11.7. The largest absolute Gasteiger partial charge is 0.377 e. The fourth-order valence-electron chi connectivity index (χ4n) is 3.71. The first-order valence-electron chi connectivity index (χ1n) is 8.13. The highest BCUT2D eigenvalue weighted by Crippen LogP contribution is 2.42. The van der Waals surface area contributed by atoms with E-state index in [0.717, 1.165) is 16.8 Å². The van der Waals surface area contributed by atoms with Crippen molar-refractivity contribution in [2.75, 3.05) is 6.26 Å². The fourth-order valence-corrected chi connectivity index (χ4v) is 4.12. The van der Waals surface area contributed by atoms with Gasteiger partial charge in [0.25, 0.3) is 0 Å². The molecule has 4 rings (SSSR count). The van der Waals surface area contributed by atoms with Crippen LogP contribution < -0.4 is 4.57 Å². The van der Waals surface area contributed by atoms with Crippen LogP contribution in [0.3, 0.4) is 0 Å². The molecule has 0 saturated carbocycles. The summed E-state index contributed by atoms with van der Waals surface area (Å²) < 4.78 is 2.21. The maximum Gasteiger partial charge on any atom is 0.216 e. The molecule has 1 N–H and O–H groups in total. The van der Waals surface area contributed by atoms with Gasteiger partial charge in [0.1, 0.15) is 0 Å². The Hall–Kier alpha value is -2.10. The molecule has 0 spiro atoms.